The SMILES string of the molecule is CCNC(=NCc1oc2ccccc2c1C)NCCc1csc(N2CCCC2)n1. The summed E-state index contributed by atoms with van der Waals surface area (Å²) in [6.07, 6.45) is 3.45. The van der Waals surface area contributed by atoms with Gasteiger partial charge in [-0.3, -0.25) is 0 Å². The van der Waals surface area contributed by atoms with E-state index < -0.39 is 0 Å². The standard InChI is InChI=1S/C22H29N5OS/c1-3-23-21(25-14-20-16(2)18-8-4-5-9-19(18)28-20)24-11-10-17-15-29-22(26-17)27-12-6-7-13-27/h4-5,8-9,15H,3,6-7,10-14H2,1-2H3,(H2,23,24,25). The van der Waals surface area contributed by atoms with Gasteiger partial charge in [-0.2, -0.15) is 0 Å². The van der Waals surface area contributed by atoms with Gasteiger partial charge in [0.15, 0.2) is 11.1 Å². The molecule has 0 spiro atoms. The van der Waals surface area contributed by atoms with E-state index in [1.807, 2.05) is 18.2 Å². The summed E-state index contributed by atoms with van der Waals surface area (Å²) in [5.74, 6) is 1.72. The lowest BCUT2D eigenvalue weighted by atomic mass is 10.1. The Balaban J connectivity index is 1.34. The van der Waals surface area contributed by atoms with Crippen LogP contribution in [0.15, 0.2) is 39.1 Å². The second-order valence-corrected chi connectivity index (χ2v) is 8.17. The third kappa shape index (κ3) is 4.72. The van der Waals surface area contributed by atoms with Crippen molar-refractivity contribution in [3.8, 4) is 0 Å². The summed E-state index contributed by atoms with van der Waals surface area (Å²) in [7, 11) is 0. The first-order chi connectivity index (χ1) is 14.2. The van der Waals surface area contributed by atoms with E-state index in [1.165, 1.54) is 18.0 Å². The smallest absolute Gasteiger partial charge is 0.191 e. The Morgan fingerprint density at radius 2 is 2.07 bits per heavy atom. The molecule has 0 bridgehead atoms. The zero-order valence-corrected chi connectivity index (χ0v) is 18.0. The Morgan fingerprint density at radius 1 is 1.24 bits per heavy atom. The maximum absolute atomic E-state index is 5.98. The quantitative estimate of drug-likeness (QED) is 0.453. The topological polar surface area (TPSA) is 65.7 Å². The first-order valence-corrected chi connectivity index (χ1v) is 11.3. The molecule has 3 aromatic rings. The molecule has 0 aliphatic carbocycles. The van der Waals surface area contributed by atoms with Crippen LogP contribution in [0.1, 0.15) is 36.8 Å². The number of hydrogen-bond acceptors (Lipinski definition) is 5. The molecule has 154 valence electrons. The third-order valence-corrected chi connectivity index (χ3v) is 6.21. The van der Waals surface area contributed by atoms with Crippen LogP contribution in [-0.2, 0) is 13.0 Å². The highest BCUT2D eigenvalue weighted by molar-refractivity contribution is 7.13. The number of para-hydroxylation sites is 1. The average molecular weight is 412 g/mol. The maximum Gasteiger partial charge on any atom is 0.191 e. The zero-order valence-electron chi connectivity index (χ0n) is 17.2. The second-order valence-electron chi connectivity index (χ2n) is 7.33. The first-order valence-electron chi connectivity index (χ1n) is 10.4. The molecular formula is C22H29N5OS. The van der Waals surface area contributed by atoms with Gasteiger partial charge in [0.2, 0.25) is 0 Å². The van der Waals surface area contributed by atoms with Gasteiger partial charge in [-0.25, -0.2) is 9.98 Å². The van der Waals surface area contributed by atoms with Crippen molar-refractivity contribution in [1.82, 2.24) is 15.6 Å². The molecule has 0 amide bonds. The number of hydrogen-bond donors (Lipinski definition) is 2. The van der Waals surface area contributed by atoms with Crippen LogP contribution >= 0.6 is 11.3 Å². The third-order valence-electron chi connectivity index (χ3n) is 5.26. The van der Waals surface area contributed by atoms with Crippen LogP contribution in [0.3, 0.4) is 0 Å². The fourth-order valence-corrected chi connectivity index (χ4v) is 4.56. The van der Waals surface area contributed by atoms with Crippen LogP contribution in [0.2, 0.25) is 0 Å². The number of anilines is 1. The summed E-state index contributed by atoms with van der Waals surface area (Å²) in [4.78, 5) is 11.9. The number of rotatable bonds is 7. The van der Waals surface area contributed by atoms with Crippen molar-refractivity contribution in [3.05, 3.63) is 46.7 Å². The molecule has 2 N–H and O–H groups in total. The minimum Gasteiger partial charge on any atom is -0.459 e. The van der Waals surface area contributed by atoms with E-state index in [1.54, 1.807) is 11.3 Å². The minimum absolute atomic E-state index is 0.519. The van der Waals surface area contributed by atoms with Crippen molar-refractivity contribution in [2.45, 2.75) is 39.7 Å². The molecule has 1 aliphatic rings. The van der Waals surface area contributed by atoms with Crippen LogP contribution < -0.4 is 15.5 Å². The Morgan fingerprint density at radius 3 is 2.86 bits per heavy atom. The first kappa shape index (κ1) is 19.8. The molecule has 0 unspecified atom stereocenters. The van der Waals surface area contributed by atoms with Gasteiger partial charge in [-0.1, -0.05) is 18.2 Å². The zero-order chi connectivity index (χ0) is 20.1. The fraction of sp³-hybridized carbons (Fsp3) is 0.455. The van der Waals surface area contributed by atoms with Crippen molar-refractivity contribution in [1.29, 1.82) is 0 Å². The van der Waals surface area contributed by atoms with Gasteiger partial charge in [-0.05, 0) is 32.8 Å². The number of furan rings is 1. The van der Waals surface area contributed by atoms with E-state index in [9.17, 15) is 0 Å². The van der Waals surface area contributed by atoms with Crippen molar-refractivity contribution < 1.29 is 4.42 Å². The predicted molar refractivity (Wildman–Crippen MR) is 121 cm³/mol. The van der Waals surface area contributed by atoms with Crippen molar-refractivity contribution in [2.75, 3.05) is 31.1 Å². The Labute approximate surface area is 176 Å². The highest BCUT2D eigenvalue weighted by Crippen LogP contribution is 2.26. The molecule has 2 aromatic heterocycles. The van der Waals surface area contributed by atoms with Crippen LogP contribution in [0.4, 0.5) is 5.13 Å². The number of benzene rings is 1. The van der Waals surface area contributed by atoms with Gasteiger partial charge in [0.05, 0.1) is 5.69 Å². The van der Waals surface area contributed by atoms with Gasteiger partial charge < -0.3 is 20.0 Å². The fourth-order valence-electron chi connectivity index (χ4n) is 3.64. The summed E-state index contributed by atoms with van der Waals surface area (Å²) < 4.78 is 5.98. The summed E-state index contributed by atoms with van der Waals surface area (Å²) in [5.41, 5.74) is 3.23. The number of guanidine groups is 1. The molecule has 0 saturated carbocycles. The van der Waals surface area contributed by atoms with Crippen LogP contribution in [0, 0.1) is 6.92 Å². The molecule has 1 saturated heterocycles. The number of aliphatic imine (C=N–C) groups is 1. The summed E-state index contributed by atoms with van der Waals surface area (Å²) in [6.45, 7) is 8.59. The Bertz CT molecular complexity index is 971. The lowest BCUT2D eigenvalue weighted by molar-refractivity contribution is 0.548. The van der Waals surface area contributed by atoms with Crippen LogP contribution in [0.5, 0.6) is 0 Å². The molecule has 1 aromatic carbocycles. The lowest BCUT2D eigenvalue weighted by Gasteiger charge is -2.12. The largest absolute Gasteiger partial charge is 0.459 e. The van der Waals surface area contributed by atoms with Gasteiger partial charge in [-0.15, -0.1) is 11.3 Å². The van der Waals surface area contributed by atoms with Crippen LogP contribution in [-0.4, -0.2) is 37.1 Å². The van der Waals surface area contributed by atoms with Crippen molar-refractivity contribution >= 4 is 33.4 Å². The van der Waals surface area contributed by atoms with E-state index in [0.717, 1.165) is 66.5 Å². The molecule has 6 nitrogen and oxygen atoms in total. The highest BCUT2D eigenvalue weighted by Gasteiger charge is 2.15. The van der Waals surface area contributed by atoms with E-state index >= 15 is 0 Å². The van der Waals surface area contributed by atoms with Crippen LogP contribution in [0.25, 0.3) is 11.0 Å². The molecule has 7 heteroatoms. The number of nitrogens with zero attached hydrogens (tertiary/aromatic N) is 3. The molecular weight excluding hydrogens is 382 g/mol. The molecule has 0 radical (unpaired) electrons. The molecule has 0 atom stereocenters. The summed E-state index contributed by atoms with van der Waals surface area (Å²) >= 11 is 1.76. The number of thiazole rings is 1. The van der Waals surface area contributed by atoms with Gasteiger partial charge in [0.25, 0.3) is 0 Å². The van der Waals surface area contributed by atoms with Gasteiger partial charge in [0, 0.05) is 48.9 Å². The van der Waals surface area contributed by atoms with E-state index in [4.69, 9.17) is 14.4 Å². The molecule has 1 fully saturated rings. The summed E-state index contributed by atoms with van der Waals surface area (Å²) in [6, 6.07) is 8.13. The lowest BCUT2D eigenvalue weighted by Crippen LogP contribution is -2.38. The van der Waals surface area contributed by atoms with Gasteiger partial charge in [0.1, 0.15) is 17.9 Å². The van der Waals surface area contributed by atoms with Crippen molar-refractivity contribution in [3.63, 3.8) is 0 Å². The molecule has 29 heavy (non-hydrogen) atoms. The predicted octanol–water partition coefficient (Wildman–Crippen LogP) is 4.10. The van der Waals surface area contributed by atoms with Gasteiger partial charge >= 0.3 is 0 Å². The normalized spacial score (nSPS) is 14.7. The molecule has 4 rings (SSSR count). The average Bonchev–Trinajstić information content (AvgIpc) is 3.47. The summed E-state index contributed by atoms with van der Waals surface area (Å²) in [5, 5.41) is 11.2. The minimum atomic E-state index is 0.519. The van der Waals surface area contributed by atoms with E-state index in [2.05, 4.69) is 40.8 Å². The molecule has 3 heterocycles. The number of fused-ring (bicyclic) bond motifs is 1. The number of aromatic nitrogens is 1. The molecule has 1 aliphatic heterocycles. The van der Waals surface area contributed by atoms with E-state index in [0.29, 0.717) is 6.54 Å². The second kappa shape index (κ2) is 9.31. The van der Waals surface area contributed by atoms with E-state index in [-0.39, 0.29) is 0 Å². The van der Waals surface area contributed by atoms with Crippen molar-refractivity contribution in [2.24, 2.45) is 4.99 Å². The Hall–Kier alpha value is -2.54. The maximum atomic E-state index is 5.98. The monoisotopic (exact) mass is 411 g/mol. The Kier molecular flexibility index (Phi) is 6.34. The number of nitrogens with one attached hydrogen (secondary N) is 2. The highest BCUT2D eigenvalue weighted by atomic mass is 32.1. The number of aryl methyl sites for hydroxylation is 1.